The fourth-order valence-electron chi connectivity index (χ4n) is 0.843. The third-order valence-electron chi connectivity index (χ3n) is 1.48. The number of hydrogen-bond acceptors (Lipinski definition) is 3. The fourth-order valence-corrected chi connectivity index (χ4v) is 2.11. The third kappa shape index (κ3) is 5.06. The van der Waals surface area contributed by atoms with E-state index in [1.807, 2.05) is 0 Å². The zero-order valence-electron chi connectivity index (χ0n) is 7.41. The van der Waals surface area contributed by atoms with Gasteiger partial charge < -0.3 is 4.74 Å². The zero-order chi connectivity index (χ0) is 11.5. The molecule has 84 valence electrons. The van der Waals surface area contributed by atoms with Crippen molar-refractivity contribution in [3.63, 3.8) is 0 Å². The lowest BCUT2D eigenvalue weighted by molar-refractivity contribution is 0.339. The fraction of sp³-hybridized carbons (Fsp3) is 0.250. The molecule has 0 amide bonds. The Hall–Kier alpha value is 0.0300. The number of halogens is 3. The molecule has 0 aliphatic rings. The summed E-state index contributed by atoms with van der Waals surface area (Å²) in [4.78, 5) is 0. The summed E-state index contributed by atoms with van der Waals surface area (Å²) in [7, 11) is 1.51. The van der Waals surface area contributed by atoms with Gasteiger partial charge in [0.2, 0.25) is 9.05 Å². The second kappa shape index (κ2) is 5.39. The molecule has 0 saturated heterocycles. The molecule has 0 spiro atoms. The molecule has 0 atom stereocenters. The van der Waals surface area contributed by atoms with Crippen molar-refractivity contribution in [2.75, 3.05) is 12.4 Å². The summed E-state index contributed by atoms with van der Waals surface area (Å²) in [6.07, 6.45) is 0. The first-order chi connectivity index (χ1) is 6.88. The number of rotatable bonds is 4. The normalized spacial score (nSPS) is 11.4. The van der Waals surface area contributed by atoms with Gasteiger partial charge in [-0.1, -0.05) is 11.6 Å². The van der Waals surface area contributed by atoms with E-state index in [2.05, 4.69) is 15.9 Å². The number of ether oxygens (including phenoxy) is 1. The van der Waals surface area contributed by atoms with Gasteiger partial charge in [-0.3, -0.25) is 0 Å². The lowest BCUT2D eigenvalue weighted by atomic mass is 10.3. The predicted molar refractivity (Wildman–Crippen MR) is 64.3 cm³/mol. The molecule has 0 bridgehead atoms. The van der Waals surface area contributed by atoms with Gasteiger partial charge in [0.1, 0.15) is 12.4 Å². The molecule has 0 radical (unpaired) electrons. The van der Waals surface area contributed by atoms with Crippen molar-refractivity contribution in [1.29, 1.82) is 0 Å². The van der Waals surface area contributed by atoms with E-state index in [4.69, 9.17) is 27.0 Å². The predicted octanol–water partition coefficient (Wildman–Crippen LogP) is 3.05. The third-order valence-corrected chi connectivity index (χ3v) is 3.45. The second-order valence-corrected chi connectivity index (χ2v) is 6.85. The van der Waals surface area contributed by atoms with Gasteiger partial charge in [-0.2, -0.15) is 0 Å². The van der Waals surface area contributed by atoms with Gasteiger partial charge in [-0.05, 0) is 34.1 Å². The highest BCUT2D eigenvalue weighted by Gasteiger charge is 2.07. The maximum atomic E-state index is 10.6. The van der Waals surface area contributed by atoms with Crippen LogP contribution in [-0.4, -0.2) is 20.8 Å². The SMILES string of the molecule is O=S(=O)(Cl)CCOc1ccc(Cl)cc1Br. The Bertz CT molecular complexity index is 447. The molecular formula is C8H7BrCl2O3S. The molecule has 0 heterocycles. The zero-order valence-corrected chi connectivity index (χ0v) is 11.3. The monoisotopic (exact) mass is 332 g/mol. The van der Waals surface area contributed by atoms with Crippen molar-refractivity contribution < 1.29 is 13.2 Å². The number of benzene rings is 1. The van der Waals surface area contributed by atoms with Crippen molar-refractivity contribution >= 4 is 47.3 Å². The van der Waals surface area contributed by atoms with Crippen LogP contribution in [-0.2, 0) is 9.05 Å². The average molecular weight is 334 g/mol. The largest absolute Gasteiger partial charge is 0.491 e. The molecule has 7 heteroatoms. The Balaban J connectivity index is 2.59. The molecule has 1 rings (SSSR count). The Morgan fingerprint density at radius 1 is 1.40 bits per heavy atom. The molecule has 0 saturated carbocycles. The van der Waals surface area contributed by atoms with Crippen molar-refractivity contribution in [2.45, 2.75) is 0 Å². The van der Waals surface area contributed by atoms with E-state index >= 15 is 0 Å². The molecule has 15 heavy (non-hydrogen) atoms. The minimum absolute atomic E-state index is 0.00602. The van der Waals surface area contributed by atoms with Crippen LogP contribution in [0.4, 0.5) is 0 Å². The Morgan fingerprint density at radius 3 is 2.60 bits per heavy atom. The van der Waals surface area contributed by atoms with Gasteiger partial charge in [0.25, 0.3) is 0 Å². The molecule has 0 aliphatic heterocycles. The summed E-state index contributed by atoms with van der Waals surface area (Å²) in [5.74, 6) is 0.295. The van der Waals surface area contributed by atoms with E-state index in [1.54, 1.807) is 18.2 Å². The molecule has 0 N–H and O–H groups in total. The molecule has 1 aromatic rings. The summed E-state index contributed by atoms with van der Waals surface area (Å²) in [6, 6.07) is 4.95. The molecule has 0 fully saturated rings. The lowest BCUT2D eigenvalue weighted by Gasteiger charge is -2.06. The van der Waals surface area contributed by atoms with E-state index in [0.29, 0.717) is 15.2 Å². The van der Waals surface area contributed by atoms with Crippen LogP contribution in [0, 0.1) is 0 Å². The standard InChI is InChI=1S/C8H7BrCl2O3S/c9-7-5-6(10)1-2-8(7)14-3-4-15(11,12)13/h1-2,5H,3-4H2. The summed E-state index contributed by atoms with van der Waals surface area (Å²) in [5.41, 5.74) is 0. The highest BCUT2D eigenvalue weighted by molar-refractivity contribution is 9.10. The Kier molecular flexibility index (Phi) is 4.70. The maximum absolute atomic E-state index is 10.6. The van der Waals surface area contributed by atoms with E-state index in [-0.39, 0.29) is 12.4 Å². The number of hydrogen-bond donors (Lipinski definition) is 0. The van der Waals surface area contributed by atoms with Crippen LogP contribution in [0.3, 0.4) is 0 Å². The highest BCUT2D eigenvalue weighted by Crippen LogP contribution is 2.27. The van der Waals surface area contributed by atoms with Crippen LogP contribution < -0.4 is 4.74 Å². The van der Waals surface area contributed by atoms with E-state index in [0.717, 1.165) is 0 Å². The van der Waals surface area contributed by atoms with E-state index in [1.165, 1.54) is 0 Å². The second-order valence-electron chi connectivity index (χ2n) is 2.67. The molecular weight excluding hydrogens is 327 g/mol. The van der Waals surface area contributed by atoms with E-state index < -0.39 is 9.05 Å². The first kappa shape index (κ1) is 13.1. The van der Waals surface area contributed by atoms with Gasteiger partial charge >= 0.3 is 0 Å². The minimum Gasteiger partial charge on any atom is -0.491 e. The summed E-state index contributed by atoms with van der Waals surface area (Å²) < 4.78 is 27.1. The molecule has 0 aliphatic carbocycles. The lowest BCUT2D eigenvalue weighted by Crippen LogP contribution is -2.08. The van der Waals surface area contributed by atoms with Crippen LogP contribution in [0.5, 0.6) is 5.75 Å². The van der Waals surface area contributed by atoms with Crippen LogP contribution >= 0.6 is 38.2 Å². The van der Waals surface area contributed by atoms with Gasteiger partial charge in [0, 0.05) is 15.7 Å². The molecule has 1 aromatic carbocycles. The van der Waals surface area contributed by atoms with Crippen molar-refractivity contribution in [3.8, 4) is 5.75 Å². The van der Waals surface area contributed by atoms with E-state index in [9.17, 15) is 8.42 Å². The van der Waals surface area contributed by atoms with Crippen molar-refractivity contribution in [1.82, 2.24) is 0 Å². The summed E-state index contributed by atoms with van der Waals surface area (Å²) in [6.45, 7) is 0.00602. The summed E-state index contributed by atoms with van der Waals surface area (Å²) >= 11 is 8.96. The van der Waals surface area contributed by atoms with Crippen molar-refractivity contribution in [2.24, 2.45) is 0 Å². The van der Waals surface area contributed by atoms with Crippen LogP contribution in [0.15, 0.2) is 22.7 Å². The van der Waals surface area contributed by atoms with Crippen LogP contribution in [0.2, 0.25) is 5.02 Å². The van der Waals surface area contributed by atoms with Gasteiger partial charge in [0.15, 0.2) is 0 Å². The topological polar surface area (TPSA) is 43.4 Å². The van der Waals surface area contributed by atoms with Gasteiger partial charge in [0.05, 0.1) is 10.2 Å². The van der Waals surface area contributed by atoms with Gasteiger partial charge in [-0.25, -0.2) is 8.42 Å². The molecule has 0 unspecified atom stereocenters. The summed E-state index contributed by atoms with van der Waals surface area (Å²) in [5, 5.41) is 0.569. The maximum Gasteiger partial charge on any atom is 0.235 e. The highest BCUT2D eigenvalue weighted by atomic mass is 79.9. The Morgan fingerprint density at radius 2 is 2.07 bits per heavy atom. The average Bonchev–Trinajstić information content (AvgIpc) is 2.07. The smallest absolute Gasteiger partial charge is 0.235 e. The first-order valence-electron chi connectivity index (χ1n) is 3.89. The first-order valence-corrected chi connectivity index (χ1v) is 7.53. The van der Waals surface area contributed by atoms with Crippen LogP contribution in [0.25, 0.3) is 0 Å². The van der Waals surface area contributed by atoms with Crippen LogP contribution in [0.1, 0.15) is 0 Å². The minimum atomic E-state index is -3.51. The molecule has 3 nitrogen and oxygen atoms in total. The Labute approximate surface area is 106 Å². The van der Waals surface area contributed by atoms with Gasteiger partial charge in [-0.15, -0.1) is 0 Å². The molecule has 0 aromatic heterocycles. The van der Waals surface area contributed by atoms with Crippen molar-refractivity contribution in [3.05, 3.63) is 27.7 Å². The quantitative estimate of drug-likeness (QED) is 0.795.